The van der Waals surface area contributed by atoms with Gasteiger partial charge in [-0.05, 0) is 101 Å². The summed E-state index contributed by atoms with van der Waals surface area (Å²) in [6.45, 7) is 4.57. The predicted molar refractivity (Wildman–Crippen MR) is 190 cm³/mol. The molecule has 0 aliphatic carbocycles. The summed E-state index contributed by atoms with van der Waals surface area (Å²) >= 11 is 0. The highest BCUT2D eigenvalue weighted by molar-refractivity contribution is 6.16. The van der Waals surface area contributed by atoms with Gasteiger partial charge in [0, 0.05) is 33.8 Å². The van der Waals surface area contributed by atoms with Gasteiger partial charge >= 0.3 is 0 Å². The number of hydrogen-bond donors (Lipinski definition) is 0. The van der Waals surface area contributed by atoms with Crippen LogP contribution in [0.25, 0.3) is 21.5 Å². The molecule has 44 heavy (non-hydrogen) atoms. The Bertz CT molecular complexity index is 1940. The smallest absolute Gasteiger partial charge is 0.0540 e. The molecule has 7 rings (SSSR count). The van der Waals surface area contributed by atoms with Crippen LogP contribution < -0.4 is 9.80 Å². The zero-order valence-electron chi connectivity index (χ0n) is 25.3. The molecule has 0 saturated carbocycles. The minimum atomic E-state index is 1.03. The summed E-state index contributed by atoms with van der Waals surface area (Å²) in [5, 5.41) is 5.20. The van der Waals surface area contributed by atoms with Crippen molar-refractivity contribution >= 4 is 55.7 Å². The molecule has 2 nitrogen and oxygen atoms in total. The second-order valence-corrected chi connectivity index (χ2v) is 11.3. The lowest BCUT2D eigenvalue weighted by atomic mass is 9.90. The normalized spacial score (nSPS) is 11.1. The van der Waals surface area contributed by atoms with Crippen molar-refractivity contribution in [3.8, 4) is 0 Å². The van der Waals surface area contributed by atoms with Crippen molar-refractivity contribution in [1.82, 2.24) is 0 Å². The Morgan fingerprint density at radius 1 is 0.432 bits per heavy atom. The molecule has 7 aromatic carbocycles. The predicted octanol–water partition coefficient (Wildman–Crippen LogP) is 12.2. The van der Waals surface area contributed by atoms with Crippen molar-refractivity contribution in [2.75, 3.05) is 9.80 Å². The van der Waals surface area contributed by atoms with E-state index in [9.17, 15) is 0 Å². The van der Waals surface area contributed by atoms with Gasteiger partial charge in [-0.1, -0.05) is 110 Å². The third-order valence-corrected chi connectivity index (χ3v) is 8.52. The Balaban J connectivity index is 1.54. The summed E-state index contributed by atoms with van der Waals surface area (Å²) < 4.78 is 0. The second-order valence-electron chi connectivity index (χ2n) is 11.3. The monoisotopic (exact) mass is 568 g/mol. The average molecular weight is 569 g/mol. The van der Waals surface area contributed by atoms with Gasteiger partial charge in [-0.2, -0.15) is 0 Å². The van der Waals surface area contributed by atoms with Crippen LogP contribution >= 0.6 is 0 Å². The third kappa shape index (κ3) is 4.99. The molecule has 0 fully saturated rings. The van der Waals surface area contributed by atoms with Crippen LogP contribution in [-0.4, -0.2) is 0 Å². The van der Waals surface area contributed by atoms with Gasteiger partial charge in [0.15, 0.2) is 0 Å². The number of hydrogen-bond acceptors (Lipinski definition) is 2. The molecule has 7 aromatic rings. The van der Waals surface area contributed by atoms with E-state index in [2.05, 4.69) is 181 Å². The van der Waals surface area contributed by atoms with Crippen molar-refractivity contribution in [2.24, 2.45) is 0 Å². The fourth-order valence-corrected chi connectivity index (χ4v) is 6.56. The lowest BCUT2D eigenvalue weighted by Gasteiger charge is -2.29. The maximum absolute atomic E-state index is 2.39. The van der Waals surface area contributed by atoms with Crippen molar-refractivity contribution in [3.05, 3.63) is 169 Å². The first-order valence-corrected chi connectivity index (χ1v) is 15.5. The van der Waals surface area contributed by atoms with E-state index in [0.717, 1.165) is 35.6 Å². The molecule has 0 N–H and O–H groups in total. The van der Waals surface area contributed by atoms with Crippen LogP contribution in [0.1, 0.15) is 24.5 Å². The first kappa shape index (κ1) is 27.5. The average Bonchev–Trinajstić information content (AvgIpc) is 3.09. The molecule has 2 heteroatoms. The van der Waals surface area contributed by atoms with Crippen LogP contribution in [0.3, 0.4) is 0 Å². The van der Waals surface area contributed by atoms with Crippen LogP contribution in [0.2, 0.25) is 0 Å². The number of nitrogens with zero attached hydrogens (tertiary/aromatic N) is 2. The molecule has 0 heterocycles. The van der Waals surface area contributed by atoms with E-state index in [0.29, 0.717) is 0 Å². The van der Waals surface area contributed by atoms with Crippen LogP contribution in [0.5, 0.6) is 0 Å². The van der Waals surface area contributed by atoms with E-state index < -0.39 is 0 Å². The van der Waals surface area contributed by atoms with Gasteiger partial charge < -0.3 is 9.80 Å². The summed E-state index contributed by atoms with van der Waals surface area (Å²) in [5.41, 5.74) is 9.64. The van der Waals surface area contributed by atoms with Gasteiger partial charge in [0.05, 0.1) is 5.69 Å². The summed E-state index contributed by atoms with van der Waals surface area (Å²) in [5.74, 6) is 0. The lowest BCUT2D eigenvalue weighted by Crippen LogP contribution is -2.12. The van der Waals surface area contributed by atoms with Crippen LogP contribution in [0.4, 0.5) is 34.1 Å². The van der Waals surface area contributed by atoms with Gasteiger partial charge in [0.25, 0.3) is 0 Å². The third-order valence-electron chi connectivity index (χ3n) is 8.52. The highest BCUT2D eigenvalue weighted by Gasteiger charge is 2.21. The van der Waals surface area contributed by atoms with Crippen molar-refractivity contribution in [1.29, 1.82) is 0 Å². The van der Waals surface area contributed by atoms with Crippen LogP contribution in [0.15, 0.2) is 158 Å². The van der Waals surface area contributed by atoms with Crippen molar-refractivity contribution in [2.45, 2.75) is 26.7 Å². The van der Waals surface area contributed by atoms with Crippen LogP contribution in [-0.2, 0) is 6.42 Å². The first-order chi connectivity index (χ1) is 21.7. The van der Waals surface area contributed by atoms with E-state index in [-0.39, 0.29) is 0 Å². The highest BCUT2D eigenvalue weighted by atomic mass is 15.1. The Hall–Kier alpha value is -5.34. The molecular formula is C42H36N2. The lowest BCUT2D eigenvalue weighted by molar-refractivity contribution is 0.930. The zero-order chi connectivity index (χ0) is 29.9. The highest BCUT2D eigenvalue weighted by Crippen LogP contribution is 2.45. The molecule has 0 radical (unpaired) electrons. The summed E-state index contributed by atoms with van der Waals surface area (Å²) in [6, 6.07) is 56.7. The van der Waals surface area contributed by atoms with E-state index in [1.54, 1.807) is 0 Å². The van der Waals surface area contributed by atoms with Crippen LogP contribution in [0, 0.1) is 6.92 Å². The first-order valence-electron chi connectivity index (χ1n) is 15.5. The van der Waals surface area contributed by atoms with Gasteiger partial charge in [0.2, 0.25) is 0 Å². The van der Waals surface area contributed by atoms with E-state index in [1.165, 1.54) is 44.0 Å². The maximum Gasteiger partial charge on any atom is 0.0540 e. The van der Waals surface area contributed by atoms with Gasteiger partial charge in [-0.15, -0.1) is 0 Å². The number of aryl methyl sites for hydroxylation is 2. The molecule has 0 spiro atoms. The number of fused-ring (bicyclic) bond motifs is 3. The summed E-state index contributed by atoms with van der Waals surface area (Å²) in [7, 11) is 0. The van der Waals surface area contributed by atoms with Gasteiger partial charge in [0.1, 0.15) is 0 Å². The number of benzene rings is 7. The van der Waals surface area contributed by atoms with E-state index >= 15 is 0 Å². The molecule has 0 atom stereocenters. The van der Waals surface area contributed by atoms with Gasteiger partial charge in [-0.3, -0.25) is 0 Å². The van der Waals surface area contributed by atoms with E-state index in [1.807, 2.05) is 0 Å². The molecule has 0 aromatic heterocycles. The maximum atomic E-state index is 2.39. The SMILES string of the molecule is CCCc1ccc(N(c2ccccc2)c2ccccc2)c2ccc3ccc(N(c4ccccc4)c4ccccc4)c(C)c3c12. The second kappa shape index (κ2) is 12.1. The fraction of sp³-hybridized carbons (Fsp3) is 0.0952. The summed E-state index contributed by atoms with van der Waals surface area (Å²) in [6.07, 6.45) is 2.11. The minimum Gasteiger partial charge on any atom is -0.310 e. The summed E-state index contributed by atoms with van der Waals surface area (Å²) in [4.78, 5) is 4.78. The van der Waals surface area contributed by atoms with E-state index in [4.69, 9.17) is 0 Å². The Labute approximate surface area is 260 Å². The number of rotatable bonds is 8. The minimum absolute atomic E-state index is 1.03. The molecule has 0 bridgehead atoms. The largest absolute Gasteiger partial charge is 0.310 e. The molecule has 0 saturated heterocycles. The Kier molecular flexibility index (Phi) is 7.56. The standard InChI is InChI=1S/C42H36N2/c1-3-16-32-27-30-40(44(36-21-12-6-13-22-36)37-23-14-7-15-24-37)38-28-25-33-26-29-39(31(2)41(33)42(32)38)43(34-17-8-4-9-18-34)35-19-10-5-11-20-35/h4-15,17-30H,3,16H2,1-2H3. The topological polar surface area (TPSA) is 6.48 Å². The Morgan fingerprint density at radius 2 is 0.864 bits per heavy atom. The van der Waals surface area contributed by atoms with Crippen molar-refractivity contribution < 1.29 is 0 Å². The molecule has 0 aliphatic heterocycles. The molecule has 0 unspecified atom stereocenters. The Morgan fingerprint density at radius 3 is 1.34 bits per heavy atom. The molecule has 214 valence electrons. The molecule has 0 aliphatic rings. The van der Waals surface area contributed by atoms with Crippen molar-refractivity contribution in [3.63, 3.8) is 0 Å². The molecule has 0 amide bonds. The fourth-order valence-electron chi connectivity index (χ4n) is 6.56. The number of para-hydroxylation sites is 4. The van der Waals surface area contributed by atoms with Gasteiger partial charge in [-0.25, -0.2) is 0 Å². The number of anilines is 6. The quantitative estimate of drug-likeness (QED) is 0.168. The molecular weight excluding hydrogens is 532 g/mol. The zero-order valence-corrected chi connectivity index (χ0v) is 25.3.